The van der Waals surface area contributed by atoms with E-state index >= 15 is 0 Å². The molecule has 1 amide bonds. The van der Waals surface area contributed by atoms with Crippen LogP contribution in [0.25, 0.3) is 0 Å². The minimum absolute atomic E-state index is 0.189. The first-order chi connectivity index (χ1) is 13.5. The van der Waals surface area contributed by atoms with E-state index in [2.05, 4.69) is 15.5 Å². The Kier molecular flexibility index (Phi) is 7.75. The van der Waals surface area contributed by atoms with Gasteiger partial charge in [-0.05, 0) is 36.8 Å². The zero-order chi connectivity index (χ0) is 20.0. The lowest BCUT2D eigenvalue weighted by Crippen LogP contribution is -2.35. The predicted molar refractivity (Wildman–Crippen MR) is 115 cm³/mol. The SMILES string of the molecule is CCSc1nnc(SCC(=O)Nc2cccc(S(=O)(=O)N3CCCCC3)c2)s1. The number of thioether (sulfide) groups is 2. The lowest BCUT2D eigenvalue weighted by molar-refractivity contribution is -0.113. The van der Waals surface area contributed by atoms with E-state index in [1.54, 1.807) is 30.0 Å². The van der Waals surface area contributed by atoms with Gasteiger partial charge in [0, 0.05) is 18.8 Å². The summed E-state index contributed by atoms with van der Waals surface area (Å²) in [5.41, 5.74) is 0.475. The average molecular weight is 459 g/mol. The molecule has 2 heterocycles. The Morgan fingerprint density at radius 1 is 1.18 bits per heavy atom. The molecule has 0 unspecified atom stereocenters. The molecule has 0 radical (unpaired) electrons. The molecule has 2 aromatic rings. The summed E-state index contributed by atoms with van der Waals surface area (Å²) in [6, 6.07) is 6.44. The number of hydrogen-bond donors (Lipinski definition) is 1. The molecule has 1 aromatic carbocycles. The first-order valence-corrected chi connectivity index (χ1v) is 13.2. The monoisotopic (exact) mass is 458 g/mol. The standard InChI is InChI=1S/C17H22N4O3S4/c1-2-25-16-19-20-17(27-16)26-12-15(22)18-13-7-6-8-14(11-13)28(23,24)21-9-4-3-5-10-21/h6-8,11H,2-5,9-10,12H2,1H3,(H,18,22). The number of aromatic nitrogens is 2. The summed E-state index contributed by atoms with van der Waals surface area (Å²) >= 11 is 4.40. The maximum atomic E-state index is 12.8. The molecule has 1 aliphatic heterocycles. The summed E-state index contributed by atoms with van der Waals surface area (Å²) < 4.78 is 28.7. The van der Waals surface area contributed by atoms with E-state index in [1.807, 2.05) is 6.92 Å². The van der Waals surface area contributed by atoms with E-state index in [0.29, 0.717) is 18.8 Å². The van der Waals surface area contributed by atoms with Gasteiger partial charge in [0.2, 0.25) is 15.9 Å². The van der Waals surface area contributed by atoms with Crippen LogP contribution >= 0.6 is 34.9 Å². The smallest absolute Gasteiger partial charge is 0.243 e. The van der Waals surface area contributed by atoms with Crippen LogP contribution in [-0.2, 0) is 14.8 Å². The maximum Gasteiger partial charge on any atom is 0.243 e. The molecule has 0 bridgehead atoms. The molecule has 152 valence electrons. The van der Waals surface area contributed by atoms with Gasteiger partial charge in [0.25, 0.3) is 0 Å². The zero-order valence-corrected chi connectivity index (χ0v) is 18.7. The second kappa shape index (κ2) is 10.1. The van der Waals surface area contributed by atoms with Crippen LogP contribution in [0.2, 0.25) is 0 Å². The molecule has 7 nitrogen and oxygen atoms in total. The van der Waals surface area contributed by atoms with Gasteiger partial charge < -0.3 is 5.32 Å². The highest BCUT2D eigenvalue weighted by molar-refractivity contribution is 8.03. The number of carbonyl (C=O) groups is 1. The molecule has 1 saturated heterocycles. The van der Waals surface area contributed by atoms with Crippen LogP contribution in [0.15, 0.2) is 37.8 Å². The fourth-order valence-corrected chi connectivity index (χ4v) is 7.03. The highest BCUT2D eigenvalue weighted by Crippen LogP contribution is 2.28. The number of amides is 1. The van der Waals surface area contributed by atoms with E-state index in [9.17, 15) is 13.2 Å². The van der Waals surface area contributed by atoms with Crippen LogP contribution in [0.5, 0.6) is 0 Å². The van der Waals surface area contributed by atoms with Crippen LogP contribution < -0.4 is 5.32 Å². The molecule has 0 aliphatic carbocycles. The van der Waals surface area contributed by atoms with Crippen molar-refractivity contribution < 1.29 is 13.2 Å². The van der Waals surface area contributed by atoms with Gasteiger partial charge in [-0.2, -0.15) is 4.31 Å². The maximum absolute atomic E-state index is 12.8. The molecule has 0 saturated carbocycles. The van der Waals surface area contributed by atoms with E-state index in [4.69, 9.17) is 0 Å². The van der Waals surface area contributed by atoms with Crippen molar-refractivity contribution in [1.82, 2.24) is 14.5 Å². The Morgan fingerprint density at radius 3 is 2.61 bits per heavy atom. The number of hydrogen-bond acceptors (Lipinski definition) is 8. The number of piperidine rings is 1. The third kappa shape index (κ3) is 5.69. The summed E-state index contributed by atoms with van der Waals surface area (Å²) in [4.78, 5) is 12.5. The van der Waals surface area contributed by atoms with Crippen LogP contribution in [-0.4, -0.2) is 53.4 Å². The number of benzene rings is 1. The molecular weight excluding hydrogens is 436 g/mol. The van der Waals surface area contributed by atoms with Gasteiger partial charge in [-0.15, -0.1) is 10.2 Å². The Hall–Kier alpha value is -1.14. The molecule has 0 atom stereocenters. The summed E-state index contributed by atoms with van der Waals surface area (Å²) in [7, 11) is -3.52. The van der Waals surface area contributed by atoms with E-state index in [0.717, 1.165) is 33.7 Å². The summed E-state index contributed by atoms with van der Waals surface area (Å²) in [5.74, 6) is 0.905. The van der Waals surface area contributed by atoms with E-state index in [-0.39, 0.29) is 16.6 Å². The number of nitrogens with one attached hydrogen (secondary N) is 1. The van der Waals surface area contributed by atoms with E-state index < -0.39 is 10.0 Å². The second-order valence-corrected chi connectivity index (χ2v) is 11.7. The van der Waals surface area contributed by atoms with Crippen molar-refractivity contribution in [2.24, 2.45) is 0 Å². The van der Waals surface area contributed by atoms with Crippen molar-refractivity contribution in [3.05, 3.63) is 24.3 Å². The third-order valence-electron chi connectivity index (χ3n) is 4.05. The quantitative estimate of drug-likeness (QED) is 0.605. The minimum Gasteiger partial charge on any atom is -0.325 e. The minimum atomic E-state index is -3.52. The van der Waals surface area contributed by atoms with Gasteiger partial charge in [0.1, 0.15) is 0 Å². The molecular formula is C17H22N4O3S4. The summed E-state index contributed by atoms with van der Waals surface area (Å²) in [5, 5.41) is 10.9. The van der Waals surface area contributed by atoms with Crippen LogP contribution in [0.4, 0.5) is 5.69 Å². The number of carbonyl (C=O) groups excluding carboxylic acids is 1. The van der Waals surface area contributed by atoms with Crippen molar-refractivity contribution in [1.29, 1.82) is 0 Å². The summed E-state index contributed by atoms with van der Waals surface area (Å²) in [6.07, 6.45) is 2.83. The first-order valence-electron chi connectivity index (χ1n) is 8.98. The number of sulfonamides is 1. The highest BCUT2D eigenvalue weighted by Gasteiger charge is 2.26. The topological polar surface area (TPSA) is 92.3 Å². The Bertz CT molecular complexity index is 911. The first kappa shape index (κ1) is 21.6. The second-order valence-electron chi connectivity index (χ2n) is 6.10. The molecule has 1 N–H and O–H groups in total. The van der Waals surface area contributed by atoms with E-state index in [1.165, 1.54) is 33.5 Å². The lowest BCUT2D eigenvalue weighted by atomic mass is 10.2. The fraction of sp³-hybridized carbons (Fsp3) is 0.471. The van der Waals surface area contributed by atoms with Crippen LogP contribution in [0.3, 0.4) is 0 Å². The van der Waals surface area contributed by atoms with Gasteiger partial charge in [-0.3, -0.25) is 4.79 Å². The van der Waals surface area contributed by atoms with Gasteiger partial charge in [-0.1, -0.05) is 54.3 Å². The third-order valence-corrected chi connectivity index (χ3v) is 9.02. The van der Waals surface area contributed by atoms with Crippen LogP contribution in [0.1, 0.15) is 26.2 Å². The van der Waals surface area contributed by atoms with Crippen molar-refractivity contribution >= 4 is 56.5 Å². The molecule has 28 heavy (non-hydrogen) atoms. The number of rotatable bonds is 8. The molecule has 1 aliphatic rings. The molecule has 3 rings (SSSR count). The van der Waals surface area contributed by atoms with Gasteiger partial charge in [0.05, 0.1) is 10.6 Å². The van der Waals surface area contributed by atoms with Gasteiger partial charge >= 0.3 is 0 Å². The average Bonchev–Trinajstić information content (AvgIpc) is 3.15. The van der Waals surface area contributed by atoms with Crippen molar-refractivity contribution in [3.8, 4) is 0 Å². The molecule has 1 fully saturated rings. The van der Waals surface area contributed by atoms with Crippen LogP contribution in [0, 0.1) is 0 Å². The van der Waals surface area contributed by atoms with Gasteiger partial charge in [-0.25, -0.2) is 8.42 Å². The zero-order valence-electron chi connectivity index (χ0n) is 15.5. The number of anilines is 1. The molecule has 0 spiro atoms. The molecule has 1 aromatic heterocycles. The highest BCUT2D eigenvalue weighted by atomic mass is 32.2. The van der Waals surface area contributed by atoms with Crippen molar-refractivity contribution in [3.63, 3.8) is 0 Å². The van der Waals surface area contributed by atoms with Gasteiger partial charge in [0.15, 0.2) is 8.68 Å². The molecule has 11 heteroatoms. The van der Waals surface area contributed by atoms with Crippen molar-refractivity contribution in [2.75, 3.05) is 29.9 Å². The predicted octanol–water partition coefficient (Wildman–Crippen LogP) is 3.56. The Labute approximate surface area is 177 Å². The Balaban J connectivity index is 1.59. The lowest BCUT2D eigenvalue weighted by Gasteiger charge is -2.26. The van der Waals surface area contributed by atoms with Crippen molar-refractivity contribution in [2.45, 2.75) is 39.8 Å². The number of nitrogens with zero attached hydrogens (tertiary/aromatic N) is 3. The normalized spacial score (nSPS) is 15.5. The Morgan fingerprint density at radius 2 is 1.89 bits per heavy atom. The fourth-order valence-electron chi connectivity index (χ4n) is 2.75. The largest absolute Gasteiger partial charge is 0.325 e. The summed E-state index contributed by atoms with van der Waals surface area (Å²) in [6.45, 7) is 3.15.